The van der Waals surface area contributed by atoms with Gasteiger partial charge in [0, 0.05) is 18.7 Å². The third-order valence-electron chi connectivity index (χ3n) is 2.16. The van der Waals surface area contributed by atoms with Crippen molar-refractivity contribution in [3.05, 3.63) is 36.0 Å². The van der Waals surface area contributed by atoms with Gasteiger partial charge in [0.2, 0.25) is 11.8 Å². The lowest BCUT2D eigenvalue weighted by Gasteiger charge is -2.06. The fourth-order valence-corrected chi connectivity index (χ4v) is 1.45. The molecular weight excluding hydrogens is 218 g/mol. The van der Waals surface area contributed by atoms with Crippen molar-refractivity contribution in [1.29, 1.82) is 0 Å². The lowest BCUT2D eigenvalue weighted by Crippen LogP contribution is -2.00. The highest BCUT2D eigenvalue weighted by Gasteiger charge is 2.02. The van der Waals surface area contributed by atoms with E-state index in [0.29, 0.717) is 24.9 Å². The normalized spacial score (nSPS) is 10.2. The summed E-state index contributed by atoms with van der Waals surface area (Å²) in [6, 6.07) is 7.76. The van der Waals surface area contributed by atoms with Crippen molar-refractivity contribution in [1.82, 2.24) is 10.2 Å². The molecule has 5 heteroatoms. The smallest absolute Gasteiger partial charge is 0.235 e. The monoisotopic (exact) mass is 233 g/mol. The number of benzene rings is 1. The summed E-state index contributed by atoms with van der Waals surface area (Å²) in [6.07, 6.45) is 0. The van der Waals surface area contributed by atoms with Gasteiger partial charge in [-0.25, -0.2) is 0 Å². The fraction of sp³-hybridized carbons (Fsp3) is 0.333. The van der Waals surface area contributed by atoms with Crippen molar-refractivity contribution in [2.24, 2.45) is 0 Å². The van der Waals surface area contributed by atoms with Crippen molar-refractivity contribution in [2.45, 2.75) is 20.4 Å². The van der Waals surface area contributed by atoms with Crippen LogP contribution in [-0.4, -0.2) is 16.8 Å². The van der Waals surface area contributed by atoms with Crippen LogP contribution in [0.25, 0.3) is 0 Å². The average molecular weight is 233 g/mol. The van der Waals surface area contributed by atoms with E-state index in [9.17, 15) is 0 Å². The third kappa shape index (κ3) is 3.21. The number of anilines is 1. The van der Waals surface area contributed by atoms with Gasteiger partial charge in [0.1, 0.15) is 5.75 Å². The molecular formula is C12H15N3O2. The molecule has 1 aromatic carbocycles. The molecule has 90 valence electrons. The Kier molecular flexibility index (Phi) is 3.59. The third-order valence-corrected chi connectivity index (χ3v) is 2.16. The molecule has 0 spiro atoms. The Morgan fingerprint density at radius 3 is 2.94 bits per heavy atom. The molecule has 1 N–H and O–H groups in total. The Morgan fingerprint density at radius 2 is 2.24 bits per heavy atom. The van der Waals surface area contributed by atoms with Gasteiger partial charge in [-0.15, -0.1) is 10.2 Å². The fourth-order valence-electron chi connectivity index (χ4n) is 1.45. The van der Waals surface area contributed by atoms with Crippen molar-refractivity contribution in [3.63, 3.8) is 0 Å². The zero-order valence-corrected chi connectivity index (χ0v) is 9.93. The van der Waals surface area contributed by atoms with Crippen molar-refractivity contribution in [2.75, 3.05) is 11.9 Å². The van der Waals surface area contributed by atoms with E-state index in [1.165, 1.54) is 0 Å². The second kappa shape index (κ2) is 5.34. The molecule has 2 aromatic rings. The zero-order valence-electron chi connectivity index (χ0n) is 9.93. The van der Waals surface area contributed by atoms with Gasteiger partial charge in [-0.05, 0) is 19.1 Å². The predicted octanol–water partition coefficient (Wildman–Crippen LogP) is 2.39. The van der Waals surface area contributed by atoms with Gasteiger partial charge in [0.15, 0.2) is 0 Å². The van der Waals surface area contributed by atoms with Gasteiger partial charge in [-0.1, -0.05) is 6.07 Å². The predicted molar refractivity (Wildman–Crippen MR) is 64.0 cm³/mol. The first-order chi connectivity index (χ1) is 8.28. The van der Waals surface area contributed by atoms with Crippen molar-refractivity contribution >= 4 is 5.69 Å². The van der Waals surface area contributed by atoms with Crippen LogP contribution in [0.1, 0.15) is 18.7 Å². The van der Waals surface area contributed by atoms with Gasteiger partial charge in [-0.3, -0.25) is 0 Å². The lowest BCUT2D eigenvalue weighted by molar-refractivity contribution is 0.340. The summed E-state index contributed by atoms with van der Waals surface area (Å²) in [5.41, 5.74) is 0.965. The number of nitrogens with zero attached hydrogens (tertiary/aromatic N) is 2. The molecule has 2 rings (SSSR count). The Morgan fingerprint density at radius 1 is 1.35 bits per heavy atom. The number of rotatable bonds is 5. The molecule has 0 saturated heterocycles. The van der Waals surface area contributed by atoms with Crippen molar-refractivity contribution < 1.29 is 9.15 Å². The van der Waals surface area contributed by atoms with E-state index in [-0.39, 0.29) is 0 Å². The minimum Gasteiger partial charge on any atom is -0.494 e. The number of hydrogen-bond donors (Lipinski definition) is 1. The van der Waals surface area contributed by atoms with E-state index < -0.39 is 0 Å². The molecule has 0 radical (unpaired) electrons. The molecule has 0 saturated carbocycles. The summed E-state index contributed by atoms with van der Waals surface area (Å²) in [7, 11) is 0. The van der Waals surface area contributed by atoms with Crippen LogP contribution >= 0.6 is 0 Å². The van der Waals surface area contributed by atoms with E-state index in [0.717, 1.165) is 11.4 Å². The second-order valence-electron chi connectivity index (χ2n) is 3.53. The first kappa shape index (κ1) is 11.4. The van der Waals surface area contributed by atoms with Crippen LogP contribution in [0.4, 0.5) is 5.69 Å². The Hall–Kier alpha value is -2.04. The summed E-state index contributed by atoms with van der Waals surface area (Å²) >= 11 is 0. The van der Waals surface area contributed by atoms with Gasteiger partial charge in [0.05, 0.1) is 13.2 Å². The Balaban J connectivity index is 1.96. The second-order valence-corrected chi connectivity index (χ2v) is 3.53. The van der Waals surface area contributed by atoms with Crippen LogP contribution in [0.5, 0.6) is 5.75 Å². The summed E-state index contributed by atoms with van der Waals surface area (Å²) in [6.45, 7) is 4.90. The summed E-state index contributed by atoms with van der Waals surface area (Å²) < 4.78 is 10.7. The number of hydrogen-bond acceptors (Lipinski definition) is 5. The largest absolute Gasteiger partial charge is 0.494 e. The zero-order chi connectivity index (χ0) is 12.1. The van der Waals surface area contributed by atoms with Crippen molar-refractivity contribution in [3.8, 4) is 5.75 Å². The van der Waals surface area contributed by atoms with Crippen LogP contribution in [0, 0.1) is 6.92 Å². The topological polar surface area (TPSA) is 60.2 Å². The lowest BCUT2D eigenvalue weighted by atomic mass is 10.3. The minimum atomic E-state index is 0.510. The quantitative estimate of drug-likeness (QED) is 0.859. The summed E-state index contributed by atoms with van der Waals surface area (Å²) in [5.74, 6) is 1.99. The Bertz CT molecular complexity index is 482. The molecule has 0 fully saturated rings. The molecule has 0 aliphatic carbocycles. The van der Waals surface area contributed by atoms with Gasteiger partial charge >= 0.3 is 0 Å². The van der Waals surface area contributed by atoms with E-state index in [2.05, 4.69) is 15.5 Å². The van der Waals surface area contributed by atoms with Gasteiger partial charge < -0.3 is 14.5 Å². The first-order valence-corrected chi connectivity index (χ1v) is 5.53. The van der Waals surface area contributed by atoms with E-state index in [4.69, 9.17) is 9.15 Å². The molecule has 0 unspecified atom stereocenters. The number of ether oxygens (including phenoxy) is 1. The number of aryl methyl sites for hydroxylation is 1. The molecule has 17 heavy (non-hydrogen) atoms. The molecule has 0 aliphatic rings. The first-order valence-electron chi connectivity index (χ1n) is 5.53. The Labute approximate surface area is 99.8 Å². The van der Waals surface area contributed by atoms with Crippen LogP contribution in [-0.2, 0) is 6.54 Å². The summed E-state index contributed by atoms with van der Waals surface area (Å²) in [5, 5.41) is 10.9. The maximum Gasteiger partial charge on any atom is 0.235 e. The number of aromatic nitrogens is 2. The highest BCUT2D eigenvalue weighted by atomic mass is 16.5. The van der Waals surface area contributed by atoms with Crippen LogP contribution in [0.2, 0.25) is 0 Å². The van der Waals surface area contributed by atoms with Gasteiger partial charge in [0.25, 0.3) is 0 Å². The highest BCUT2D eigenvalue weighted by Crippen LogP contribution is 2.17. The maximum absolute atomic E-state index is 5.41. The van der Waals surface area contributed by atoms with Crippen LogP contribution in [0.3, 0.4) is 0 Å². The van der Waals surface area contributed by atoms with Crippen LogP contribution < -0.4 is 10.1 Å². The van der Waals surface area contributed by atoms with E-state index in [1.54, 1.807) is 6.92 Å². The molecule has 1 heterocycles. The molecule has 5 nitrogen and oxygen atoms in total. The highest BCUT2D eigenvalue weighted by molar-refractivity contribution is 5.48. The van der Waals surface area contributed by atoms with Gasteiger partial charge in [-0.2, -0.15) is 0 Å². The molecule has 1 aromatic heterocycles. The molecule has 0 bridgehead atoms. The molecule has 0 aliphatic heterocycles. The number of nitrogens with one attached hydrogen (secondary N) is 1. The maximum atomic E-state index is 5.41. The minimum absolute atomic E-state index is 0.510. The standard InChI is InChI=1S/C12H15N3O2/c1-3-16-11-6-4-5-10(7-11)13-8-12-15-14-9(2)17-12/h4-7,13H,3,8H2,1-2H3. The SMILES string of the molecule is CCOc1cccc(NCc2nnc(C)o2)c1. The van der Waals surface area contributed by atoms with E-state index >= 15 is 0 Å². The molecule has 0 atom stereocenters. The van der Waals surface area contributed by atoms with Crippen LogP contribution in [0.15, 0.2) is 28.7 Å². The average Bonchev–Trinajstić information content (AvgIpc) is 2.74. The summed E-state index contributed by atoms with van der Waals surface area (Å²) in [4.78, 5) is 0. The van der Waals surface area contributed by atoms with E-state index in [1.807, 2.05) is 31.2 Å². The molecule has 0 amide bonds.